The van der Waals surface area contributed by atoms with Crippen molar-refractivity contribution in [2.75, 3.05) is 19.4 Å². The molecule has 2 N–H and O–H groups in total. The van der Waals surface area contributed by atoms with Gasteiger partial charge in [-0.25, -0.2) is 4.98 Å². The predicted octanol–water partition coefficient (Wildman–Crippen LogP) is 2.09. The molecule has 1 saturated heterocycles. The van der Waals surface area contributed by atoms with E-state index in [9.17, 15) is 14.7 Å². The number of nitrogens with one attached hydrogen (secondary N) is 1. The van der Waals surface area contributed by atoms with Crippen LogP contribution in [0.3, 0.4) is 0 Å². The number of fused-ring (bicyclic) bond motifs is 1. The van der Waals surface area contributed by atoms with Crippen LogP contribution >= 0.6 is 23.1 Å². The molecule has 8 nitrogen and oxygen atoms in total. The minimum absolute atomic E-state index is 0.119. The number of hydrogen-bond donors (Lipinski definition) is 2. The van der Waals surface area contributed by atoms with E-state index < -0.39 is 11.5 Å². The van der Waals surface area contributed by atoms with Crippen molar-refractivity contribution in [3.63, 3.8) is 0 Å². The molecule has 1 aliphatic heterocycles. The molecule has 10 heteroatoms. The highest BCUT2D eigenvalue weighted by atomic mass is 32.2. The second kappa shape index (κ2) is 7.69. The summed E-state index contributed by atoms with van der Waals surface area (Å²) in [6.07, 6.45) is 0.298. The molecule has 29 heavy (non-hydrogen) atoms. The quantitative estimate of drug-likeness (QED) is 0.347. The molecule has 0 spiro atoms. The number of pyridine rings is 1. The Morgan fingerprint density at radius 1 is 1.31 bits per heavy atom. The minimum Gasteiger partial charge on any atom is -0.467 e. The summed E-state index contributed by atoms with van der Waals surface area (Å²) in [5.41, 5.74) is 0.539. The molecule has 3 aromatic rings. The van der Waals surface area contributed by atoms with Gasteiger partial charge in [0.05, 0.1) is 23.3 Å². The lowest BCUT2D eigenvalue weighted by atomic mass is 10.0. The summed E-state index contributed by atoms with van der Waals surface area (Å²) in [6, 6.07) is 7.19. The van der Waals surface area contributed by atoms with Gasteiger partial charge in [-0.15, -0.1) is 11.3 Å². The summed E-state index contributed by atoms with van der Waals surface area (Å²) in [5, 5.41) is 13.8. The smallest absolute Gasteiger partial charge is 0.317 e. The Balaban J connectivity index is 1.55. The molecule has 150 valence electrons. The number of nitrogens with zero attached hydrogens (tertiary/aromatic N) is 3. The van der Waals surface area contributed by atoms with E-state index >= 15 is 0 Å². The van der Waals surface area contributed by atoms with Crippen LogP contribution in [0, 0.1) is 6.92 Å². The topological polar surface area (TPSA) is 114 Å². The average Bonchev–Trinajstić information content (AvgIpc) is 3.34. The molecule has 0 aromatic carbocycles. The number of carbonyl (C=O) groups excluding carboxylic acids is 2. The number of Topliss-reactive ketones (excluding diaryl/α,β-unsaturated/α-hetero) is 1. The molecule has 1 fully saturated rings. The van der Waals surface area contributed by atoms with E-state index in [0.717, 1.165) is 17.0 Å². The van der Waals surface area contributed by atoms with Gasteiger partial charge in [0.2, 0.25) is 0 Å². The summed E-state index contributed by atoms with van der Waals surface area (Å²) in [6.45, 7) is 2.29. The highest BCUT2D eigenvalue weighted by molar-refractivity contribution is 8.00. The Bertz CT molecular complexity index is 1120. The molecule has 0 aliphatic carbocycles. The number of hydrogen-bond acceptors (Lipinski definition) is 9. The molecule has 4 heterocycles. The van der Waals surface area contributed by atoms with Crippen molar-refractivity contribution in [2.24, 2.45) is 0 Å². The van der Waals surface area contributed by atoms with Crippen LogP contribution in [0.4, 0.5) is 0 Å². The van der Waals surface area contributed by atoms with Gasteiger partial charge in [-0.3, -0.25) is 9.59 Å². The molecule has 0 radical (unpaired) electrons. The van der Waals surface area contributed by atoms with Crippen molar-refractivity contribution in [3.8, 4) is 6.01 Å². The van der Waals surface area contributed by atoms with E-state index in [1.807, 2.05) is 19.1 Å². The van der Waals surface area contributed by atoms with Gasteiger partial charge < -0.3 is 15.2 Å². The van der Waals surface area contributed by atoms with E-state index in [0.29, 0.717) is 38.8 Å². The van der Waals surface area contributed by atoms with E-state index in [1.54, 1.807) is 12.1 Å². The monoisotopic (exact) mass is 430 g/mol. The highest BCUT2D eigenvalue weighted by Crippen LogP contribution is 2.35. The van der Waals surface area contributed by atoms with Gasteiger partial charge in [0.15, 0.2) is 11.4 Å². The molecule has 3 aromatic heterocycles. The van der Waals surface area contributed by atoms with Crippen molar-refractivity contribution in [3.05, 3.63) is 39.7 Å². The van der Waals surface area contributed by atoms with E-state index in [1.165, 1.54) is 18.9 Å². The zero-order valence-corrected chi connectivity index (χ0v) is 17.4. The standard InChI is InChI=1S/C19H18N4O4S2/c1-10-3-4-11-15(21-10)16(23-18(22-11)27-2)28-9-12(24)13-5-6-14(29-13)19(26)7-8-20-17(19)25/h3-6,26H,7-9H2,1-2H3,(H,20,25). The maximum atomic E-state index is 12.7. The highest BCUT2D eigenvalue weighted by Gasteiger charge is 2.43. The van der Waals surface area contributed by atoms with E-state index in [-0.39, 0.29) is 17.5 Å². The Morgan fingerprint density at radius 3 is 2.86 bits per heavy atom. The van der Waals surface area contributed by atoms with Crippen molar-refractivity contribution < 1.29 is 19.4 Å². The Labute approximate surface area is 174 Å². The number of ketones is 1. The van der Waals surface area contributed by atoms with Crippen LogP contribution in [-0.2, 0) is 10.4 Å². The maximum absolute atomic E-state index is 12.7. The third-order valence-corrected chi connectivity index (χ3v) is 6.83. The fourth-order valence-corrected chi connectivity index (χ4v) is 5.03. The van der Waals surface area contributed by atoms with Crippen molar-refractivity contribution >= 4 is 45.8 Å². The number of thioether (sulfide) groups is 1. The summed E-state index contributed by atoms with van der Waals surface area (Å²) < 4.78 is 5.15. The number of amides is 1. The van der Waals surface area contributed by atoms with Crippen LogP contribution < -0.4 is 10.1 Å². The maximum Gasteiger partial charge on any atom is 0.317 e. The van der Waals surface area contributed by atoms with E-state index in [2.05, 4.69) is 20.3 Å². The summed E-state index contributed by atoms with van der Waals surface area (Å²) >= 11 is 2.40. The van der Waals surface area contributed by atoms with Crippen LogP contribution in [0.5, 0.6) is 6.01 Å². The largest absolute Gasteiger partial charge is 0.467 e. The van der Waals surface area contributed by atoms with Gasteiger partial charge in [-0.1, -0.05) is 11.8 Å². The molecule has 4 rings (SSSR count). The number of rotatable bonds is 6. The predicted molar refractivity (Wildman–Crippen MR) is 110 cm³/mol. The molecular weight excluding hydrogens is 412 g/mol. The fraction of sp³-hybridized carbons (Fsp3) is 0.316. The number of aliphatic hydroxyl groups is 1. The molecule has 1 amide bonds. The van der Waals surface area contributed by atoms with Gasteiger partial charge in [-0.05, 0) is 31.2 Å². The van der Waals surface area contributed by atoms with Crippen molar-refractivity contribution in [1.29, 1.82) is 0 Å². The zero-order valence-electron chi connectivity index (χ0n) is 15.8. The van der Waals surface area contributed by atoms with Crippen LogP contribution in [0.15, 0.2) is 29.3 Å². The summed E-state index contributed by atoms with van der Waals surface area (Å²) in [5.74, 6) is -0.407. The second-order valence-electron chi connectivity index (χ2n) is 6.58. The number of carbonyl (C=O) groups is 2. The SMILES string of the molecule is COc1nc(SCC(=O)c2ccc(C3(O)CCNC3=O)s2)c2nc(C)ccc2n1. The van der Waals surface area contributed by atoms with Crippen LogP contribution in [0.25, 0.3) is 11.0 Å². The molecule has 1 unspecified atom stereocenters. The van der Waals surface area contributed by atoms with Gasteiger partial charge >= 0.3 is 6.01 Å². The van der Waals surface area contributed by atoms with Crippen LogP contribution in [-0.4, -0.2) is 51.2 Å². The number of aryl methyl sites for hydroxylation is 1. The Hall–Kier alpha value is -2.56. The normalized spacial score (nSPS) is 18.8. The second-order valence-corrected chi connectivity index (χ2v) is 8.63. The summed E-state index contributed by atoms with van der Waals surface area (Å²) in [4.78, 5) is 38.7. The number of aromatic nitrogens is 3. The number of methoxy groups -OCH3 is 1. The third kappa shape index (κ3) is 3.70. The summed E-state index contributed by atoms with van der Waals surface area (Å²) in [7, 11) is 1.49. The first-order valence-electron chi connectivity index (χ1n) is 8.87. The Morgan fingerprint density at radius 2 is 2.14 bits per heavy atom. The first-order valence-corrected chi connectivity index (χ1v) is 10.7. The van der Waals surface area contributed by atoms with Gasteiger partial charge in [0, 0.05) is 23.5 Å². The van der Waals surface area contributed by atoms with Gasteiger partial charge in [0.1, 0.15) is 10.5 Å². The zero-order chi connectivity index (χ0) is 20.6. The first-order chi connectivity index (χ1) is 13.9. The number of ether oxygens (including phenoxy) is 1. The van der Waals surface area contributed by atoms with Crippen molar-refractivity contribution in [2.45, 2.75) is 24.0 Å². The lowest BCUT2D eigenvalue weighted by molar-refractivity contribution is -0.135. The molecule has 0 bridgehead atoms. The Kier molecular flexibility index (Phi) is 5.24. The van der Waals surface area contributed by atoms with Gasteiger partial charge in [0.25, 0.3) is 5.91 Å². The molecule has 1 aliphatic rings. The first kappa shape index (κ1) is 19.7. The molecule has 1 atom stereocenters. The van der Waals surface area contributed by atoms with Gasteiger partial charge in [-0.2, -0.15) is 9.97 Å². The lowest BCUT2D eigenvalue weighted by Gasteiger charge is -2.16. The van der Waals surface area contributed by atoms with Crippen LogP contribution in [0.2, 0.25) is 0 Å². The molecular formula is C19H18N4O4S2. The van der Waals surface area contributed by atoms with Crippen molar-refractivity contribution in [1.82, 2.24) is 20.3 Å². The lowest BCUT2D eigenvalue weighted by Crippen LogP contribution is -2.34. The third-order valence-electron chi connectivity index (χ3n) is 4.59. The minimum atomic E-state index is -1.55. The average molecular weight is 431 g/mol. The van der Waals surface area contributed by atoms with E-state index in [4.69, 9.17) is 4.74 Å². The van der Waals surface area contributed by atoms with Crippen LogP contribution in [0.1, 0.15) is 26.7 Å². The molecule has 0 saturated carbocycles. The number of thiophene rings is 1. The fourth-order valence-electron chi connectivity index (χ4n) is 3.02.